The van der Waals surface area contributed by atoms with Crippen LogP contribution in [0.3, 0.4) is 0 Å². The van der Waals surface area contributed by atoms with Crippen LogP contribution in [0.5, 0.6) is 0 Å². The lowest BCUT2D eigenvalue weighted by atomic mass is 10.2. The normalized spacial score (nSPS) is 12.1. The minimum absolute atomic E-state index is 0.369. The minimum Gasteiger partial charge on any atom is -0.468 e. The van der Waals surface area contributed by atoms with E-state index < -0.39 is 12.0 Å². The molecule has 1 atom stereocenters. The Hall–Kier alpha value is -1.57. The van der Waals surface area contributed by atoms with Crippen LogP contribution in [0.1, 0.15) is 5.89 Å². The fourth-order valence-electron chi connectivity index (χ4n) is 1.55. The van der Waals surface area contributed by atoms with Crippen LogP contribution < -0.4 is 5.73 Å². The van der Waals surface area contributed by atoms with Crippen molar-refractivity contribution in [2.24, 2.45) is 5.73 Å². The first-order valence-electron chi connectivity index (χ1n) is 6.10. The van der Waals surface area contributed by atoms with Crippen molar-refractivity contribution in [1.82, 2.24) is 10.2 Å². The Kier molecular flexibility index (Phi) is 5.60. The van der Waals surface area contributed by atoms with E-state index in [0.29, 0.717) is 33.9 Å². The molecule has 0 aliphatic heterocycles. The zero-order valence-corrected chi connectivity index (χ0v) is 12.9. The summed E-state index contributed by atoms with van der Waals surface area (Å²) in [5.74, 6) is 1.25. The standard InChI is InChI=1S/C13H14ClN3O3S/c1-19-13(18)10(15)6-21-7-11-16-17-12(20-11)8-4-2-3-5-9(8)14/h2-5,10H,6-7,15H2,1H3. The van der Waals surface area contributed by atoms with Gasteiger partial charge in [0.25, 0.3) is 0 Å². The molecular formula is C13H14ClN3O3S. The van der Waals surface area contributed by atoms with Gasteiger partial charge in [-0.1, -0.05) is 23.7 Å². The fourth-order valence-corrected chi connectivity index (χ4v) is 2.56. The summed E-state index contributed by atoms with van der Waals surface area (Å²) in [4.78, 5) is 11.2. The predicted molar refractivity (Wildman–Crippen MR) is 80.9 cm³/mol. The Balaban J connectivity index is 1.92. The third kappa shape index (κ3) is 4.20. The van der Waals surface area contributed by atoms with Crippen molar-refractivity contribution in [2.45, 2.75) is 11.8 Å². The molecule has 112 valence electrons. The lowest BCUT2D eigenvalue weighted by molar-refractivity contribution is -0.141. The van der Waals surface area contributed by atoms with E-state index in [1.807, 2.05) is 12.1 Å². The van der Waals surface area contributed by atoms with Crippen molar-refractivity contribution in [3.05, 3.63) is 35.2 Å². The molecule has 0 radical (unpaired) electrons. The van der Waals surface area contributed by atoms with Gasteiger partial charge >= 0.3 is 5.97 Å². The highest BCUT2D eigenvalue weighted by molar-refractivity contribution is 7.98. The topological polar surface area (TPSA) is 91.2 Å². The highest BCUT2D eigenvalue weighted by Gasteiger charge is 2.15. The van der Waals surface area contributed by atoms with Crippen LogP contribution in [-0.2, 0) is 15.3 Å². The van der Waals surface area contributed by atoms with Gasteiger partial charge in [0.2, 0.25) is 11.8 Å². The van der Waals surface area contributed by atoms with Crippen molar-refractivity contribution in [3.8, 4) is 11.5 Å². The zero-order valence-electron chi connectivity index (χ0n) is 11.3. The zero-order chi connectivity index (χ0) is 15.2. The van der Waals surface area contributed by atoms with Crippen molar-refractivity contribution in [3.63, 3.8) is 0 Å². The lowest BCUT2D eigenvalue weighted by Crippen LogP contribution is -2.33. The number of benzene rings is 1. The second-order valence-corrected chi connectivity index (χ2v) is 5.56. The molecule has 0 aliphatic carbocycles. The Labute approximate surface area is 131 Å². The maximum absolute atomic E-state index is 11.2. The number of rotatable bonds is 6. The molecule has 21 heavy (non-hydrogen) atoms. The molecule has 0 bridgehead atoms. The predicted octanol–water partition coefficient (Wildman–Crippen LogP) is 2.12. The minimum atomic E-state index is -0.661. The van der Waals surface area contributed by atoms with Crippen LogP contribution in [0.4, 0.5) is 0 Å². The monoisotopic (exact) mass is 327 g/mol. The summed E-state index contributed by atoms with van der Waals surface area (Å²) in [6, 6.07) is 6.57. The summed E-state index contributed by atoms with van der Waals surface area (Å²) < 4.78 is 10.1. The number of carbonyl (C=O) groups excluding carboxylic acids is 1. The Bertz CT molecular complexity index is 620. The molecule has 2 aromatic rings. The molecule has 1 aromatic carbocycles. The van der Waals surface area contributed by atoms with Gasteiger partial charge in [-0.05, 0) is 12.1 Å². The molecule has 2 rings (SSSR count). The van der Waals surface area contributed by atoms with Gasteiger partial charge in [-0.25, -0.2) is 0 Å². The molecule has 2 N–H and O–H groups in total. The van der Waals surface area contributed by atoms with Crippen molar-refractivity contribution < 1.29 is 13.9 Å². The third-order valence-electron chi connectivity index (χ3n) is 2.60. The number of aromatic nitrogens is 2. The smallest absolute Gasteiger partial charge is 0.323 e. The number of methoxy groups -OCH3 is 1. The first kappa shape index (κ1) is 15.8. The third-order valence-corrected chi connectivity index (χ3v) is 3.97. The first-order valence-corrected chi connectivity index (χ1v) is 7.63. The van der Waals surface area contributed by atoms with Gasteiger partial charge < -0.3 is 14.9 Å². The molecule has 0 amide bonds. The number of nitrogens with zero attached hydrogens (tertiary/aromatic N) is 2. The van der Waals surface area contributed by atoms with Gasteiger partial charge in [0.15, 0.2) is 0 Å². The van der Waals surface area contributed by atoms with E-state index in [9.17, 15) is 4.79 Å². The van der Waals surface area contributed by atoms with E-state index in [4.69, 9.17) is 21.8 Å². The molecule has 1 aromatic heterocycles. The average molecular weight is 328 g/mol. The van der Waals surface area contributed by atoms with E-state index in [2.05, 4.69) is 14.9 Å². The molecule has 0 aliphatic rings. The van der Waals surface area contributed by atoms with Crippen molar-refractivity contribution in [1.29, 1.82) is 0 Å². The second-order valence-electron chi connectivity index (χ2n) is 4.13. The SMILES string of the molecule is COC(=O)C(N)CSCc1nnc(-c2ccccc2Cl)o1. The highest BCUT2D eigenvalue weighted by Crippen LogP contribution is 2.26. The van der Waals surface area contributed by atoms with Gasteiger partial charge in [0.05, 0.1) is 23.4 Å². The summed E-state index contributed by atoms with van der Waals surface area (Å²) in [5.41, 5.74) is 6.32. The summed E-state index contributed by atoms with van der Waals surface area (Å²) >= 11 is 7.48. The van der Waals surface area contributed by atoms with Crippen LogP contribution in [0, 0.1) is 0 Å². The number of hydrogen-bond donors (Lipinski definition) is 1. The highest BCUT2D eigenvalue weighted by atomic mass is 35.5. The molecule has 0 fully saturated rings. The van der Waals surface area contributed by atoms with Crippen LogP contribution in [0.25, 0.3) is 11.5 Å². The summed E-state index contributed by atoms with van der Waals surface area (Å²) in [5, 5.41) is 8.45. The second kappa shape index (κ2) is 7.44. The molecule has 0 spiro atoms. The molecule has 8 heteroatoms. The van der Waals surface area contributed by atoms with Gasteiger partial charge in [0, 0.05) is 5.75 Å². The number of nitrogens with two attached hydrogens (primary N) is 1. The molecule has 0 saturated heterocycles. The van der Waals surface area contributed by atoms with Gasteiger partial charge in [-0.2, -0.15) is 0 Å². The van der Waals surface area contributed by atoms with E-state index >= 15 is 0 Å². The number of halogens is 1. The Morgan fingerprint density at radius 2 is 2.24 bits per heavy atom. The van der Waals surface area contributed by atoms with Crippen molar-refractivity contribution in [2.75, 3.05) is 12.9 Å². The molecule has 0 saturated carbocycles. The fraction of sp³-hybridized carbons (Fsp3) is 0.308. The lowest BCUT2D eigenvalue weighted by Gasteiger charge is -2.07. The number of thioether (sulfide) groups is 1. The quantitative estimate of drug-likeness (QED) is 0.812. The van der Waals surface area contributed by atoms with E-state index in [-0.39, 0.29) is 0 Å². The van der Waals surface area contributed by atoms with Crippen LogP contribution in [-0.4, -0.2) is 35.1 Å². The molecule has 1 unspecified atom stereocenters. The molecule has 6 nitrogen and oxygen atoms in total. The summed E-state index contributed by atoms with van der Waals surface area (Å²) in [6.07, 6.45) is 0. The number of hydrogen-bond acceptors (Lipinski definition) is 7. The van der Waals surface area contributed by atoms with Crippen molar-refractivity contribution >= 4 is 29.3 Å². The first-order chi connectivity index (χ1) is 10.1. The van der Waals surface area contributed by atoms with Gasteiger partial charge in [-0.3, -0.25) is 4.79 Å². The number of ether oxygens (including phenoxy) is 1. The Morgan fingerprint density at radius 1 is 1.48 bits per heavy atom. The Morgan fingerprint density at radius 3 is 2.95 bits per heavy atom. The van der Waals surface area contributed by atoms with E-state index in [0.717, 1.165) is 0 Å². The molecular weight excluding hydrogens is 314 g/mol. The van der Waals surface area contributed by atoms with Crippen LogP contribution in [0.15, 0.2) is 28.7 Å². The van der Waals surface area contributed by atoms with Gasteiger partial charge in [0.1, 0.15) is 6.04 Å². The maximum Gasteiger partial charge on any atom is 0.323 e. The van der Waals surface area contributed by atoms with E-state index in [1.165, 1.54) is 18.9 Å². The average Bonchev–Trinajstić information content (AvgIpc) is 2.95. The van der Waals surface area contributed by atoms with Crippen LogP contribution >= 0.6 is 23.4 Å². The summed E-state index contributed by atoms with van der Waals surface area (Å²) in [7, 11) is 1.31. The maximum atomic E-state index is 11.2. The van der Waals surface area contributed by atoms with Crippen LogP contribution in [0.2, 0.25) is 5.02 Å². The van der Waals surface area contributed by atoms with E-state index in [1.54, 1.807) is 12.1 Å². The number of carbonyl (C=O) groups is 1. The van der Waals surface area contributed by atoms with Gasteiger partial charge in [-0.15, -0.1) is 22.0 Å². The summed E-state index contributed by atoms with van der Waals surface area (Å²) in [6.45, 7) is 0. The number of esters is 1. The molecule has 1 heterocycles. The largest absolute Gasteiger partial charge is 0.468 e.